The van der Waals surface area contributed by atoms with E-state index >= 15 is 0 Å². The fourth-order valence-electron chi connectivity index (χ4n) is 0.991. The Balaban J connectivity index is 1.95. The number of para-hydroxylation sites is 1. The quantitative estimate of drug-likeness (QED) is 0.789. The normalized spacial score (nSPS) is 10.0. The minimum absolute atomic E-state index is 0.0525. The molecule has 0 aliphatic rings. The summed E-state index contributed by atoms with van der Waals surface area (Å²) in [5.74, 6) is 1.20. The summed E-state index contributed by atoms with van der Waals surface area (Å²) in [5.41, 5.74) is 5.25. The Morgan fingerprint density at radius 2 is 2.07 bits per heavy atom. The molecule has 0 unspecified atom stereocenters. The molecule has 72 valence electrons. The highest BCUT2D eigenvalue weighted by atomic mass is 16.5. The molecule has 2 N–H and O–H groups in total. The van der Waals surface area contributed by atoms with Crippen molar-refractivity contribution in [3.05, 3.63) is 36.2 Å². The summed E-state index contributed by atoms with van der Waals surface area (Å²) in [6.45, 7) is 0.255. The van der Waals surface area contributed by atoms with Gasteiger partial charge in [0.2, 0.25) is 5.82 Å². The van der Waals surface area contributed by atoms with Crippen LogP contribution in [0.3, 0.4) is 0 Å². The number of nitrogens with zero attached hydrogens (tertiary/aromatic N) is 2. The van der Waals surface area contributed by atoms with Crippen molar-refractivity contribution in [2.75, 3.05) is 5.73 Å². The fourth-order valence-corrected chi connectivity index (χ4v) is 0.991. The highest BCUT2D eigenvalue weighted by Crippen LogP contribution is 2.10. The van der Waals surface area contributed by atoms with Crippen LogP contribution in [-0.2, 0) is 6.61 Å². The second-order valence-corrected chi connectivity index (χ2v) is 2.65. The van der Waals surface area contributed by atoms with E-state index in [1.165, 1.54) is 0 Å². The second-order valence-electron chi connectivity index (χ2n) is 2.65. The van der Waals surface area contributed by atoms with Gasteiger partial charge in [-0.2, -0.15) is 4.98 Å². The molecule has 0 bridgehead atoms. The first-order chi connectivity index (χ1) is 6.84. The SMILES string of the molecule is Nc1nc(COc2ccccc2)no1. The van der Waals surface area contributed by atoms with Crippen molar-refractivity contribution in [1.82, 2.24) is 10.1 Å². The van der Waals surface area contributed by atoms with Crippen LogP contribution in [0.2, 0.25) is 0 Å². The zero-order chi connectivity index (χ0) is 9.80. The smallest absolute Gasteiger partial charge is 0.318 e. The van der Waals surface area contributed by atoms with E-state index in [0.29, 0.717) is 5.82 Å². The number of ether oxygens (including phenoxy) is 1. The molecule has 0 atom stereocenters. The molecular formula is C9H9N3O2. The number of anilines is 1. The van der Waals surface area contributed by atoms with E-state index in [2.05, 4.69) is 14.7 Å². The molecule has 0 saturated carbocycles. The molecule has 0 aliphatic carbocycles. The fraction of sp³-hybridized carbons (Fsp3) is 0.111. The Morgan fingerprint density at radius 3 is 2.71 bits per heavy atom. The van der Waals surface area contributed by atoms with Gasteiger partial charge >= 0.3 is 6.01 Å². The molecule has 5 heteroatoms. The van der Waals surface area contributed by atoms with Crippen molar-refractivity contribution in [2.24, 2.45) is 0 Å². The molecule has 2 rings (SSSR count). The number of hydrogen-bond acceptors (Lipinski definition) is 5. The molecule has 0 aliphatic heterocycles. The van der Waals surface area contributed by atoms with Crippen LogP contribution in [0.1, 0.15) is 5.82 Å². The van der Waals surface area contributed by atoms with Gasteiger partial charge in [-0.3, -0.25) is 0 Å². The lowest BCUT2D eigenvalue weighted by Crippen LogP contribution is -1.97. The van der Waals surface area contributed by atoms with Crippen LogP contribution < -0.4 is 10.5 Å². The topological polar surface area (TPSA) is 74.2 Å². The summed E-state index contributed by atoms with van der Waals surface area (Å²) >= 11 is 0. The molecule has 14 heavy (non-hydrogen) atoms. The predicted molar refractivity (Wildman–Crippen MR) is 49.5 cm³/mol. The molecule has 5 nitrogen and oxygen atoms in total. The molecule has 1 aromatic carbocycles. The van der Waals surface area contributed by atoms with Gasteiger partial charge in [0.05, 0.1) is 0 Å². The molecule has 0 amide bonds. The van der Waals surface area contributed by atoms with E-state index in [-0.39, 0.29) is 12.6 Å². The average Bonchev–Trinajstić information content (AvgIpc) is 2.63. The van der Waals surface area contributed by atoms with E-state index in [1.54, 1.807) is 0 Å². The van der Waals surface area contributed by atoms with Crippen molar-refractivity contribution in [1.29, 1.82) is 0 Å². The monoisotopic (exact) mass is 191 g/mol. The highest BCUT2D eigenvalue weighted by Gasteiger charge is 2.02. The van der Waals surface area contributed by atoms with Gasteiger partial charge in [0, 0.05) is 0 Å². The maximum atomic E-state index is 5.36. The van der Waals surface area contributed by atoms with E-state index in [1.807, 2.05) is 30.3 Å². The number of benzene rings is 1. The van der Waals surface area contributed by atoms with Gasteiger partial charge < -0.3 is 15.0 Å². The van der Waals surface area contributed by atoms with E-state index in [0.717, 1.165) is 5.75 Å². The maximum absolute atomic E-state index is 5.36. The number of nitrogen functional groups attached to an aromatic ring is 1. The van der Waals surface area contributed by atoms with E-state index < -0.39 is 0 Å². The second kappa shape index (κ2) is 3.78. The predicted octanol–water partition coefficient (Wildman–Crippen LogP) is 1.23. The largest absolute Gasteiger partial charge is 0.485 e. The summed E-state index contributed by atoms with van der Waals surface area (Å²) in [6, 6.07) is 9.45. The lowest BCUT2D eigenvalue weighted by molar-refractivity contribution is 0.287. The minimum Gasteiger partial charge on any atom is -0.485 e. The van der Waals surface area contributed by atoms with Crippen LogP contribution in [0.15, 0.2) is 34.9 Å². The van der Waals surface area contributed by atoms with Crippen LogP contribution >= 0.6 is 0 Å². The van der Waals surface area contributed by atoms with Crippen LogP contribution in [0, 0.1) is 0 Å². The van der Waals surface area contributed by atoms with E-state index in [4.69, 9.17) is 10.5 Å². The van der Waals surface area contributed by atoms with Gasteiger partial charge in [-0.25, -0.2) is 0 Å². The summed E-state index contributed by atoms with van der Waals surface area (Å²) < 4.78 is 9.95. The van der Waals surface area contributed by atoms with E-state index in [9.17, 15) is 0 Å². The Hall–Kier alpha value is -2.04. The molecule has 2 aromatic rings. The van der Waals surface area contributed by atoms with Gasteiger partial charge in [-0.1, -0.05) is 23.4 Å². The van der Waals surface area contributed by atoms with Crippen LogP contribution in [0.5, 0.6) is 5.75 Å². The van der Waals surface area contributed by atoms with Crippen LogP contribution in [-0.4, -0.2) is 10.1 Å². The van der Waals surface area contributed by atoms with Gasteiger partial charge in [-0.15, -0.1) is 0 Å². The molecular weight excluding hydrogens is 182 g/mol. The lowest BCUT2D eigenvalue weighted by Gasteiger charge is -2.00. The third kappa shape index (κ3) is 2.01. The first kappa shape index (κ1) is 8.55. The molecule has 1 heterocycles. The standard InChI is InChI=1S/C9H9N3O2/c10-9-11-8(12-14-9)6-13-7-4-2-1-3-5-7/h1-5H,6H2,(H2,10,11,12). The van der Waals surface area contributed by atoms with Gasteiger partial charge in [0.1, 0.15) is 5.75 Å². The number of rotatable bonds is 3. The van der Waals surface area contributed by atoms with Gasteiger partial charge in [0.15, 0.2) is 6.61 Å². The summed E-state index contributed by atoms with van der Waals surface area (Å²) in [7, 11) is 0. The van der Waals surface area contributed by atoms with Crippen molar-refractivity contribution < 1.29 is 9.26 Å². The zero-order valence-electron chi connectivity index (χ0n) is 7.38. The molecule has 0 saturated heterocycles. The van der Waals surface area contributed by atoms with Crippen LogP contribution in [0.4, 0.5) is 6.01 Å². The van der Waals surface area contributed by atoms with Crippen molar-refractivity contribution in [3.8, 4) is 5.75 Å². The first-order valence-corrected chi connectivity index (χ1v) is 4.10. The number of aromatic nitrogens is 2. The Bertz CT molecular complexity index is 399. The maximum Gasteiger partial charge on any atom is 0.318 e. The van der Waals surface area contributed by atoms with Gasteiger partial charge in [-0.05, 0) is 12.1 Å². The average molecular weight is 191 g/mol. The summed E-state index contributed by atoms with van der Waals surface area (Å²) in [4.78, 5) is 3.80. The number of hydrogen-bond donors (Lipinski definition) is 1. The third-order valence-corrected chi connectivity index (χ3v) is 1.59. The van der Waals surface area contributed by atoms with Crippen molar-refractivity contribution in [2.45, 2.75) is 6.61 Å². The minimum atomic E-state index is 0.0525. The Kier molecular flexibility index (Phi) is 2.31. The molecule has 0 fully saturated rings. The van der Waals surface area contributed by atoms with Gasteiger partial charge in [0.25, 0.3) is 0 Å². The highest BCUT2D eigenvalue weighted by molar-refractivity contribution is 5.21. The molecule has 1 aromatic heterocycles. The Labute approximate surface area is 80.5 Å². The number of nitrogens with two attached hydrogens (primary N) is 1. The summed E-state index contributed by atoms with van der Waals surface area (Å²) in [5, 5.41) is 3.59. The third-order valence-electron chi connectivity index (χ3n) is 1.59. The lowest BCUT2D eigenvalue weighted by atomic mass is 10.3. The first-order valence-electron chi connectivity index (χ1n) is 4.10. The summed E-state index contributed by atoms with van der Waals surface area (Å²) in [6.07, 6.45) is 0. The molecule has 0 spiro atoms. The van der Waals surface area contributed by atoms with Crippen molar-refractivity contribution in [3.63, 3.8) is 0 Å². The van der Waals surface area contributed by atoms with Crippen LogP contribution in [0.25, 0.3) is 0 Å². The zero-order valence-corrected chi connectivity index (χ0v) is 7.38. The molecule has 0 radical (unpaired) electrons. The Morgan fingerprint density at radius 1 is 1.29 bits per heavy atom. The van der Waals surface area contributed by atoms with Crippen molar-refractivity contribution >= 4 is 6.01 Å².